The molecule has 0 saturated carbocycles. The molecule has 18 heavy (non-hydrogen) atoms. The second kappa shape index (κ2) is 6.61. The van der Waals surface area contributed by atoms with Gasteiger partial charge in [0.05, 0.1) is 0 Å². The van der Waals surface area contributed by atoms with E-state index in [1.54, 1.807) is 24.3 Å². The van der Waals surface area contributed by atoms with E-state index in [0.29, 0.717) is 12.1 Å². The predicted octanol–water partition coefficient (Wildman–Crippen LogP) is 1.50. The molecular weight excluding hydrogens is 231 g/mol. The number of Topliss-reactive ketones (excluding diaryl/α,β-unsaturated/α-hetero) is 1. The first-order valence-corrected chi connectivity index (χ1v) is 6.41. The molecule has 1 atom stereocenters. The zero-order valence-electron chi connectivity index (χ0n) is 10.4. The summed E-state index contributed by atoms with van der Waals surface area (Å²) in [7, 11) is 0. The normalized spacial score (nSPS) is 18.5. The summed E-state index contributed by atoms with van der Waals surface area (Å²) >= 11 is 0. The number of hydrogen-bond acceptors (Lipinski definition) is 3. The molecule has 0 bridgehead atoms. The fourth-order valence-electron chi connectivity index (χ4n) is 2.18. The number of piperazine rings is 1. The van der Waals surface area contributed by atoms with Gasteiger partial charge in [0.15, 0.2) is 5.78 Å². The topological polar surface area (TPSA) is 32.3 Å². The molecule has 1 unspecified atom stereocenters. The van der Waals surface area contributed by atoms with Crippen LogP contribution in [0, 0.1) is 0 Å². The molecule has 1 aliphatic rings. The predicted molar refractivity (Wildman–Crippen MR) is 69.6 cm³/mol. The van der Waals surface area contributed by atoms with Crippen LogP contribution in [0.3, 0.4) is 0 Å². The minimum absolute atomic E-state index is 0.0199. The molecule has 4 heteroatoms. The van der Waals surface area contributed by atoms with Crippen molar-refractivity contribution < 1.29 is 9.18 Å². The Bertz CT molecular complexity index is 377. The van der Waals surface area contributed by atoms with Gasteiger partial charge in [-0.25, -0.2) is 4.39 Å². The molecule has 1 aromatic carbocycles. The summed E-state index contributed by atoms with van der Waals surface area (Å²) in [6.07, 6.45) is -1.09. The van der Waals surface area contributed by atoms with Crippen LogP contribution >= 0.6 is 0 Å². The Hall–Kier alpha value is -1.26. The third-order valence-electron chi connectivity index (χ3n) is 3.17. The zero-order valence-corrected chi connectivity index (χ0v) is 10.4. The van der Waals surface area contributed by atoms with Gasteiger partial charge in [-0.05, 0) is 0 Å². The van der Waals surface area contributed by atoms with Gasteiger partial charge in [-0.2, -0.15) is 0 Å². The fourth-order valence-corrected chi connectivity index (χ4v) is 2.18. The van der Waals surface area contributed by atoms with Crippen molar-refractivity contribution in [2.24, 2.45) is 0 Å². The van der Waals surface area contributed by atoms with Crippen LogP contribution in [0.1, 0.15) is 16.8 Å². The Labute approximate surface area is 107 Å². The summed E-state index contributed by atoms with van der Waals surface area (Å²) in [6.45, 7) is 3.89. The van der Waals surface area contributed by atoms with Crippen LogP contribution in [-0.4, -0.2) is 49.6 Å². The van der Waals surface area contributed by atoms with Crippen LogP contribution < -0.4 is 5.32 Å². The number of benzene rings is 1. The minimum atomic E-state index is -1.07. The molecule has 1 N–H and O–H groups in total. The Balaban J connectivity index is 1.80. The van der Waals surface area contributed by atoms with Gasteiger partial charge >= 0.3 is 0 Å². The summed E-state index contributed by atoms with van der Waals surface area (Å²) in [4.78, 5) is 13.9. The van der Waals surface area contributed by atoms with Gasteiger partial charge in [0.1, 0.15) is 6.17 Å². The average Bonchev–Trinajstić information content (AvgIpc) is 2.40. The lowest BCUT2D eigenvalue weighted by atomic mass is 10.1. The van der Waals surface area contributed by atoms with Gasteiger partial charge in [0.25, 0.3) is 0 Å². The molecular formula is C14H19FN2O. The molecule has 0 aromatic heterocycles. The summed E-state index contributed by atoms with van der Waals surface area (Å²) in [6, 6.07) is 8.93. The molecule has 0 spiro atoms. The first-order chi connectivity index (χ1) is 8.75. The number of nitrogens with one attached hydrogen (secondary N) is 1. The highest BCUT2D eigenvalue weighted by Gasteiger charge is 2.18. The van der Waals surface area contributed by atoms with Crippen LogP contribution in [0.2, 0.25) is 0 Å². The number of rotatable bonds is 5. The maximum absolute atomic E-state index is 13.8. The van der Waals surface area contributed by atoms with Gasteiger partial charge in [-0.3, -0.25) is 9.69 Å². The Kier molecular flexibility index (Phi) is 4.84. The first kappa shape index (κ1) is 13.2. The van der Waals surface area contributed by atoms with E-state index in [4.69, 9.17) is 0 Å². The van der Waals surface area contributed by atoms with Crippen molar-refractivity contribution in [2.75, 3.05) is 32.7 Å². The molecule has 1 heterocycles. The second-order valence-electron chi connectivity index (χ2n) is 4.64. The number of alkyl halides is 1. The van der Waals surface area contributed by atoms with Crippen molar-refractivity contribution in [3.05, 3.63) is 35.9 Å². The summed E-state index contributed by atoms with van der Waals surface area (Å²) < 4.78 is 13.8. The fraction of sp³-hybridized carbons (Fsp3) is 0.500. The molecule has 1 fully saturated rings. The SMILES string of the molecule is O=C(CC(F)CN1CCNCC1)c1ccccc1. The molecule has 0 amide bonds. The zero-order chi connectivity index (χ0) is 12.8. The van der Waals surface area contributed by atoms with Gasteiger partial charge in [0.2, 0.25) is 0 Å². The summed E-state index contributed by atoms with van der Waals surface area (Å²) in [5.74, 6) is -0.113. The van der Waals surface area contributed by atoms with Crippen LogP contribution in [0.4, 0.5) is 4.39 Å². The van der Waals surface area contributed by atoms with E-state index in [2.05, 4.69) is 10.2 Å². The Morgan fingerprint density at radius 2 is 1.94 bits per heavy atom. The number of carbonyl (C=O) groups is 1. The third kappa shape index (κ3) is 3.89. The maximum Gasteiger partial charge on any atom is 0.165 e. The van der Waals surface area contributed by atoms with E-state index in [-0.39, 0.29) is 12.2 Å². The van der Waals surface area contributed by atoms with E-state index >= 15 is 0 Å². The van der Waals surface area contributed by atoms with Crippen LogP contribution in [0.15, 0.2) is 30.3 Å². The molecule has 1 aromatic rings. The van der Waals surface area contributed by atoms with Crippen molar-refractivity contribution in [3.8, 4) is 0 Å². The smallest absolute Gasteiger partial charge is 0.165 e. The first-order valence-electron chi connectivity index (χ1n) is 6.41. The van der Waals surface area contributed by atoms with E-state index in [9.17, 15) is 9.18 Å². The summed E-state index contributed by atoms with van der Waals surface area (Å²) in [5.41, 5.74) is 0.598. The molecule has 2 rings (SSSR count). The number of nitrogens with zero attached hydrogens (tertiary/aromatic N) is 1. The maximum atomic E-state index is 13.8. The van der Waals surface area contributed by atoms with Crippen LogP contribution in [0.5, 0.6) is 0 Å². The number of carbonyl (C=O) groups excluding carboxylic acids is 1. The largest absolute Gasteiger partial charge is 0.314 e. The van der Waals surface area contributed by atoms with E-state index < -0.39 is 6.17 Å². The Morgan fingerprint density at radius 1 is 1.28 bits per heavy atom. The standard InChI is InChI=1S/C14H19FN2O/c15-13(11-17-8-6-16-7-9-17)10-14(18)12-4-2-1-3-5-12/h1-5,13,16H,6-11H2. The number of ketones is 1. The lowest BCUT2D eigenvalue weighted by Crippen LogP contribution is -2.45. The van der Waals surface area contributed by atoms with E-state index in [1.807, 2.05) is 6.07 Å². The average molecular weight is 250 g/mol. The van der Waals surface area contributed by atoms with Crippen molar-refractivity contribution in [1.82, 2.24) is 10.2 Å². The highest BCUT2D eigenvalue weighted by Crippen LogP contribution is 2.09. The quantitative estimate of drug-likeness (QED) is 0.804. The van der Waals surface area contributed by atoms with Crippen molar-refractivity contribution in [1.29, 1.82) is 0 Å². The van der Waals surface area contributed by atoms with Crippen LogP contribution in [0.25, 0.3) is 0 Å². The van der Waals surface area contributed by atoms with Crippen molar-refractivity contribution >= 4 is 5.78 Å². The summed E-state index contributed by atoms with van der Waals surface area (Å²) in [5, 5.41) is 3.22. The molecule has 1 aliphatic heterocycles. The Morgan fingerprint density at radius 3 is 2.61 bits per heavy atom. The molecule has 3 nitrogen and oxygen atoms in total. The molecule has 0 aliphatic carbocycles. The number of halogens is 1. The van der Waals surface area contributed by atoms with Crippen LogP contribution in [-0.2, 0) is 0 Å². The van der Waals surface area contributed by atoms with E-state index in [1.165, 1.54) is 0 Å². The van der Waals surface area contributed by atoms with Crippen molar-refractivity contribution in [3.63, 3.8) is 0 Å². The van der Waals surface area contributed by atoms with Gasteiger partial charge in [-0.1, -0.05) is 30.3 Å². The molecule has 98 valence electrons. The molecule has 0 radical (unpaired) electrons. The van der Waals surface area contributed by atoms with Crippen molar-refractivity contribution in [2.45, 2.75) is 12.6 Å². The monoisotopic (exact) mass is 250 g/mol. The van der Waals surface area contributed by atoms with E-state index in [0.717, 1.165) is 26.2 Å². The highest BCUT2D eigenvalue weighted by atomic mass is 19.1. The van der Waals surface area contributed by atoms with Gasteiger partial charge < -0.3 is 5.32 Å². The van der Waals surface area contributed by atoms with Gasteiger partial charge in [-0.15, -0.1) is 0 Å². The molecule has 1 saturated heterocycles. The lowest BCUT2D eigenvalue weighted by Gasteiger charge is -2.28. The minimum Gasteiger partial charge on any atom is -0.314 e. The lowest BCUT2D eigenvalue weighted by molar-refractivity contribution is 0.0916. The second-order valence-corrected chi connectivity index (χ2v) is 4.64. The number of hydrogen-bond donors (Lipinski definition) is 1. The third-order valence-corrected chi connectivity index (χ3v) is 3.17. The van der Waals surface area contributed by atoms with Gasteiger partial charge in [0, 0.05) is 44.7 Å². The highest BCUT2D eigenvalue weighted by molar-refractivity contribution is 5.96.